The van der Waals surface area contributed by atoms with E-state index in [-0.39, 0.29) is 12.8 Å². The van der Waals surface area contributed by atoms with Crippen molar-refractivity contribution in [2.24, 2.45) is 0 Å². The second-order valence-corrected chi connectivity index (χ2v) is 15.1. The first-order valence-electron chi connectivity index (χ1n) is 20.0. The molecule has 0 aliphatic heterocycles. The third-order valence-electron chi connectivity index (χ3n) is 8.82. The molecule has 0 heterocycles. The van der Waals surface area contributed by atoms with Crippen molar-refractivity contribution >= 4 is 19.8 Å². The fourth-order valence-electron chi connectivity index (χ4n) is 5.68. The first-order valence-corrected chi connectivity index (χ1v) is 21.5. The van der Waals surface area contributed by atoms with Gasteiger partial charge in [-0.05, 0) is 12.8 Å². The Morgan fingerprint density at radius 3 is 1.02 bits per heavy atom. The molecule has 0 fully saturated rings. The SMILES string of the molecule is CCCCCCCCCCCCCCCCCCCCCCCCCCC(=O)OC(CO)COP(=O)(O)OCC(CO)OC(=O)CCCC. The summed E-state index contributed by atoms with van der Waals surface area (Å²) in [6.45, 7) is 1.93. The molecule has 49 heavy (non-hydrogen) atoms. The Bertz CT molecular complexity index is 796. The van der Waals surface area contributed by atoms with Crippen LogP contribution in [0.3, 0.4) is 0 Å². The highest BCUT2D eigenvalue weighted by Gasteiger charge is 2.27. The summed E-state index contributed by atoms with van der Waals surface area (Å²) in [5, 5.41) is 18.8. The van der Waals surface area contributed by atoms with E-state index in [9.17, 15) is 29.3 Å². The van der Waals surface area contributed by atoms with Crippen LogP contribution in [-0.2, 0) is 32.7 Å². The van der Waals surface area contributed by atoms with E-state index in [2.05, 4.69) is 6.92 Å². The van der Waals surface area contributed by atoms with Gasteiger partial charge in [-0.1, -0.05) is 168 Å². The van der Waals surface area contributed by atoms with Crippen molar-refractivity contribution < 1.29 is 47.8 Å². The minimum atomic E-state index is -4.60. The molecule has 292 valence electrons. The number of hydrogen-bond acceptors (Lipinski definition) is 9. The highest BCUT2D eigenvalue weighted by atomic mass is 31.2. The van der Waals surface area contributed by atoms with Gasteiger partial charge in [0.05, 0.1) is 26.4 Å². The van der Waals surface area contributed by atoms with Gasteiger partial charge in [0.15, 0.2) is 0 Å². The summed E-state index contributed by atoms with van der Waals surface area (Å²) in [4.78, 5) is 33.7. The lowest BCUT2D eigenvalue weighted by Gasteiger charge is -2.20. The summed E-state index contributed by atoms with van der Waals surface area (Å²) in [5.41, 5.74) is 0. The van der Waals surface area contributed by atoms with Crippen LogP contribution < -0.4 is 0 Å². The number of carbonyl (C=O) groups excluding carboxylic acids is 2. The standard InChI is InChI=1S/C38H75O10P/c1-3-5-7-8-9-10-11-12-13-14-15-16-17-18-19-20-21-22-23-24-25-26-27-28-30-38(42)48-36(32-40)34-46-49(43,44)45-33-35(31-39)47-37(41)29-6-4-2/h35-36,39-40H,3-34H2,1-2H3,(H,43,44). The van der Waals surface area contributed by atoms with E-state index < -0.39 is 58.4 Å². The lowest BCUT2D eigenvalue weighted by Crippen LogP contribution is -2.28. The normalized spacial score (nSPS) is 14.0. The summed E-state index contributed by atoms with van der Waals surface area (Å²) in [6, 6.07) is 0. The summed E-state index contributed by atoms with van der Waals surface area (Å²) >= 11 is 0. The summed E-state index contributed by atoms with van der Waals surface area (Å²) in [7, 11) is -4.60. The van der Waals surface area contributed by atoms with Gasteiger partial charge in [-0.3, -0.25) is 18.6 Å². The third kappa shape index (κ3) is 33.9. The zero-order valence-electron chi connectivity index (χ0n) is 31.4. The zero-order valence-corrected chi connectivity index (χ0v) is 32.3. The summed E-state index contributed by atoms with van der Waals surface area (Å²) in [5.74, 6) is -1.05. The number of carbonyl (C=O) groups is 2. The average molecular weight is 723 g/mol. The number of ether oxygens (including phenoxy) is 2. The summed E-state index contributed by atoms with van der Waals surface area (Å²) in [6.07, 6.45) is 31.0. The number of phosphoric acid groups is 1. The van der Waals surface area contributed by atoms with Crippen LogP contribution in [0.1, 0.15) is 194 Å². The largest absolute Gasteiger partial charge is 0.472 e. The Labute approximate surface area is 299 Å². The number of phosphoric ester groups is 1. The molecule has 0 saturated heterocycles. The van der Waals surface area contributed by atoms with Gasteiger partial charge in [-0.2, -0.15) is 0 Å². The Hall–Kier alpha value is -1.03. The monoisotopic (exact) mass is 723 g/mol. The molecular weight excluding hydrogens is 647 g/mol. The van der Waals surface area contributed by atoms with Crippen molar-refractivity contribution in [1.82, 2.24) is 0 Å². The predicted octanol–water partition coefficient (Wildman–Crippen LogP) is 9.89. The number of rotatable bonds is 38. The van der Waals surface area contributed by atoms with Crippen molar-refractivity contribution in [3.05, 3.63) is 0 Å². The molecular formula is C38H75O10P. The fourth-order valence-corrected chi connectivity index (χ4v) is 6.47. The van der Waals surface area contributed by atoms with Crippen LogP contribution >= 0.6 is 7.82 Å². The smallest absolute Gasteiger partial charge is 0.457 e. The molecule has 3 unspecified atom stereocenters. The molecule has 0 amide bonds. The van der Waals surface area contributed by atoms with Crippen molar-refractivity contribution in [3.8, 4) is 0 Å². The molecule has 0 aromatic heterocycles. The number of hydrogen-bond donors (Lipinski definition) is 3. The maximum atomic E-state index is 12.2. The minimum absolute atomic E-state index is 0.170. The summed E-state index contributed by atoms with van der Waals surface area (Å²) < 4.78 is 32.0. The van der Waals surface area contributed by atoms with Crippen LogP contribution in [0, 0.1) is 0 Å². The molecule has 0 spiro atoms. The molecule has 11 heteroatoms. The van der Waals surface area contributed by atoms with Gasteiger partial charge in [0.2, 0.25) is 0 Å². The van der Waals surface area contributed by atoms with Crippen LogP contribution in [-0.4, -0.2) is 65.7 Å². The van der Waals surface area contributed by atoms with E-state index in [1.165, 1.54) is 128 Å². The minimum Gasteiger partial charge on any atom is -0.457 e. The number of aliphatic hydroxyl groups excluding tert-OH is 2. The molecule has 3 atom stereocenters. The Balaban J connectivity index is 3.65. The maximum Gasteiger partial charge on any atom is 0.472 e. The number of esters is 2. The molecule has 0 aromatic carbocycles. The lowest BCUT2D eigenvalue weighted by atomic mass is 10.0. The van der Waals surface area contributed by atoms with Gasteiger partial charge in [-0.15, -0.1) is 0 Å². The van der Waals surface area contributed by atoms with Gasteiger partial charge >= 0.3 is 19.8 Å². The van der Waals surface area contributed by atoms with E-state index in [4.69, 9.17) is 18.5 Å². The van der Waals surface area contributed by atoms with Crippen molar-refractivity contribution in [2.75, 3.05) is 26.4 Å². The van der Waals surface area contributed by atoms with Gasteiger partial charge in [0.1, 0.15) is 12.2 Å². The van der Waals surface area contributed by atoms with Gasteiger partial charge < -0.3 is 24.6 Å². The quantitative estimate of drug-likeness (QED) is 0.0319. The topological polar surface area (TPSA) is 149 Å². The Kier molecular flexibility index (Phi) is 34.6. The Morgan fingerprint density at radius 2 is 0.735 bits per heavy atom. The zero-order chi connectivity index (χ0) is 36.3. The lowest BCUT2D eigenvalue weighted by molar-refractivity contribution is -0.153. The number of unbranched alkanes of at least 4 members (excludes halogenated alkanes) is 24. The van der Waals surface area contributed by atoms with Gasteiger partial charge in [0.25, 0.3) is 0 Å². The molecule has 0 saturated carbocycles. The second kappa shape index (κ2) is 35.4. The molecule has 0 aliphatic rings. The third-order valence-corrected chi connectivity index (χ3v) is 9.77. The molecule has 0 radical (unpaired) electrons. The molecule has 0 bridgehead atoms. The maximum absolute atomic E-state index is 12.2. The van der Waals surface area contributed by atoms with Crippen molar-refractivity contribution in [2.45, 2.75) is 206 Å². The van der Waals surface area contributed by atoms with Crippen LogP contribution in [0.25, 0.3) is 0 Å². The molecule has 0 aliphatic carbocycles. The Morgan fingerprint density at radius 1 is 0.469 bits per heavy atom. The van der Waals surface area contributed by atoms with E-state index >= 15 is 0 Å². The first kappa shape index (κ1) is 48.0. The average Bonchev–Trinajstić information content (AvgIpc) is 3.09. The first-order chi connectivity index (χ1) is 23.8. The molecule has 10 nitrogen and oxygen atoms in total. The van der Waals surface area contributed by atoms with Crippen molar-refractivity contribution in [1.29, 1.82) is 0 Å². The molecule has 0 aromatic rings. The van der Waals surface area contributed by atoms with Crippen molar-refractivity contribution in [3.63, 3.8) is 0 Å². The van der Waals surface area contributed by atoms with Gasteiger partial charge in [-0.25, -0.2) is 4.57 Å². The highest BCUT2D eigenvalue weighted by molar-refractivity contribution is 7.47. The number of aliphatic hydroxyl groups is 2. The van der Waals surface area contributed by atoms with Crippen LogP contribution in [0.4, 0.5) is 0 Å². The highest BCUT2D eigenvalue weighted by Crippen LogP contribution is 2.43. The van der Waals surface area contributed by atoms with Gasteiger partial charge in [0, 0.05) is 12.8 Å². The predicted molar refractivity (Wildman–Crippen MR) is 196 cm³/mol. The fraction of sp³-hybridized carbons (Fsp3) is 0.947. The second-order valence-electron chi connectivity index (χ2n) is 13.6. The molecule has 3 N–H and O–H groups in total. The van der Waals surface area contributed by atoms with Crippen LogP contribution in [0.15, 0.2) is 0 Å². The molecule has 0 rings (SSSR count). The van der Waals surface area contributed by atoms with Crippen LogP contribution in [0.5, 0.6) is 0 Å². The van der Waals surface area contributed by atoms with E-state index in [0.29, 0.717) is 12.8 Å². The van der Waals surface area contributed by atoms with Crippen LogP contribution in [0.2, 0.25) is 0 Å². The van der Waals surface area contributed by atoms with E-state index in [1.807, 2.05) is 6.92 Å². The van der Waals surface area contributed by atoms with E-state index in [1.54, 1.807) is 0 Å². The van der Waals surface area contributed by atoms with E-state index in [0.717, 1.165) is 25.7 Å².